The highest BCUT2D eigenvalue weighted by molar-refractivity contribution is 7.89. The van der Waals surface area contributed by atoms with Crippen molar-refractivity contribution in [3.8, 4) is 0 Å². The van der Waals surface area contributed by atoms with Crippen molar-refractivity contribution in [1.82, 2.24) is 4.90 Å². The number of hydrogen-bond donors (Lipinski definition) is 2. The standard InChI is InChI=1S/C19H23FN4O3S/c1-14(19(25)22-16-4-2-3-15(20)13-16)23-9-11-24(12-10-23)17-5-7-18(8-6-17)28(21,26)27/h2-8,13-14H,9-12H2,1H3,(H,22,25)(H2,21,26,27). The van der Waals surface area contributed by atoms with E-state index in [1.807, 2.05) is 6.92 Å². The van der Waals surface area contributed by atoms with Crippen LogP contribution >= 0.6 is 0 Å². The lowest BCUT2D eigenvalue weighted by atomic mass is 10.2. The third-order valence-electron chi connectivity index (χ3n) is 4.86. The maximum atomic E-state index is 13.3. The average molecular weight is 406 g/mol. The number of nitrogens with one attached hydrogen (secondary N) is 1. The van der Waals surface area contributed by atoms with Crippen LogP contribution in [0.25, 0.3) is 0 Å². The molecule has 9 heteroatoms. The molecular formula is C19H23FN4O3S. The Kier molecular flexibility index (Phi) is 5.97. The number of sulfonamides is 1. The first kappa shape index (κ1) is 20.2. The van der Waals surface area contributed by atoms with Crippen LogP contribution in [0.1, 0.15) is 6.92 Å². The highest BCUT2D eigenvalue weighted by atomic mass is 32.2. The Morgan fingerprint density at radius 3 is 2.32 bits per heavy atom. The highest BCUT2D eigenvalue weighted by Gasteiger charge is 2.26. The highest BCUT2D eigenvalue weighted by Crippen LogP contribution is 2.20. The number of hydrogen-bond acceptors (Lipinski definition) is 5. The minimum Gasteiger partial charge on any atom is -0.369 e. The van der Waals surface area contributed by atoms with Crippen LogP contribution in [0.4, 0.5) is 15.8 Å². The normalized spacial score (nSPS) is 16.6. The zero-order chi connectivity index (χ0) is 20.3. The molecule has 1 atom stereocenters. The Morgan fingerprint density at radius 2 is 1.75 bits per heavy atom. The van der Waals surface area contributed by atoms with Gasteiger partial charge >= 0.3 is 0 Å². The van der Waals surface area contributed by atoms with Gasteiger partial charge in [-0.3, -0.25) is 9.69 Å². The Bertz CT molecular complexity index is 942. The lowest BCUT2D eigenvalue weighted by Crippen LogP contribution is -2.52. The molecule has 0 aromatic heterocycles. The number of amides is 1. The molecular weight excluding hydrogens is 383 g/mol. The summed E-state index contributed by atoms with van der Waals surface area (Å²) in [6, 6.07) is 11.9. The van der Waals surface area contributed by atoms with Gasteiger partial charge in [0.1, 0.15) is 5.82 Å². The SMILES string of the molecule is CC(C(=O)Nc1cccc(F)c1)N1CCN(c2ccc(S(N)(=O)=O)cc2)CC1. The first-order valence-electron chi connectivity index (χ1n) is 8.92. The zero-order valence-corrected chi connectivity index (χ0v) is 16.3. The molecule has 1 saturated heterocycles. The fourth-order valence-electron chi connectivity index (χ4n) is 3.19. The maximum absolute atomic E-state index is 13.3. The van der Waals surface area contributed by atoms with Gasteiger partial charge in [0.2, 0.25) is 15.9 Å². The number of carbonyl (C=O) groups excluding carboxylic acids is 1. The summed E-state index contributed by atoms with van der Waals surface area (Å²) in [5.41, 5.74) is 1.34. The van der Waals surface area contributed by atoms with E-state index in [1.54, 1.807) is 24.3 Å². The van der Waals surface area contributed by atoms with Crippen LogP contribution in [0, 0.1) is 5.82 Å². The molecule has 150 valence electrons. The van der Waals surface area contributed by atoms with Crippen LogP contribution in [0.5, 0.6) is 0 Å². The van der Waals surface area contributed by atoms with Gasteiger partial charge < -0.3 is 10.2 Å². The van der Waals surface area contributed by atoms with Crippen molar-refractivity contribution in [1.29, 1.82) is 0 Å². The predicted octanol–water partition coefficient (Wildman–Crippen LogP) is 1.62. The summed E-state index contributed by atoms with van der Waals surface area (Å²) in [4.78, 5) is 16.7. The molecule has 1 aliphatic heterocycles. The molecule has 1 aliphatic rings. The van der Waals surface area contributed by atoms with Crippen molar-refractivity contribution in [3.63, 3.8) is 0 Å². The molecule has 3 rings (SSSR count). The molecule has 1 heterocycles. The van der Waals surface area contributed by atoms with E-state index in [2.05, 4.69) is 15.1 Å². The Morgan fingerprint density at radius 1 is 1.11 bits per heavy atom. The Labute approximate surface area is 164 Å². The molecule has 0 saturated carbocycles. The van der Waals surface area contributed by atoms with Gasteiger partial charge in [0.25, 0.3) is 0 Å². The van der Waals surface area contributed by atoms with Crippen molar-refractivity contribution in [2.24, 2.45) is 5.14 Å². The van der Waals surface area contributed by atoms with Crippen LogP contribution in [0.15, 0.2) is 53.4 Å². The molecule has 0 aliphatic carbocycles. The number of benzene rings is 2. The molecule has 0 bridgehead atoms. The number of primary sulfonamides is 1. The van der Waals surface area contributed by atoms with Gasteiger partial charge in [0.15, 0.2) is 0 Å². The lowest BCUT2D eigenvalue weighted by Gasteiger charge is -2.38. The number of nitrogens with zero attached hydrogens (tertiary/aromatic N) is 2. The van der Waals surface area contributed by atoms with E-state index in [1.165, 1.54) is 24.3 Å². The second-order valence-corrected chi connectivity index (χ2v) is 8.30. The van der Waals surface area contributed by atoms with Crippen LogP contribution in [-0.4, -0.2) is 51.4 Å². The summed E-state index contributed by atoms with van der Waals surface area (Å²) in [7, 11) is -3.70. The van der Waals surface area contributed by atoms with Crippen LogP contribution in [0.3, 0.4) is 0 Å². The van der Waals surface area contributed by atoms with Gasteiger partial charge in [-0.15, -0.1) is 0 Å². The van der Waals surface area contributed by atoms with Crippen molar-refractivity contribution >= 4 is 27.3 Å². The van der Waals surface area contributed by atoms with E-state index in [0.29, 0.717) is 31.9 Å². The summed E-state index contributed by atoms with van der Waals surface area (Å²) in [6.07, 6.45) is 0. The zero-order valence-electron chi connectivity index (χ0n) is 15.5. The van der Waals surface area contributed by atoms with Gasteiger partial charge in [-0.25, -0.2) is 17.9 Å². The van der Waals surface area contributed by atoms with Crippen LogP contribution < -0.4 is 15.4 Å². The van der Waals surface area contributed by atoms with E-state index < -0.39 is 15.8 Å². The van der Waals surface area contributed by atoms with Gasteiger partial charge in [-0.2, -0.15) is 0 Å². The molecule has 2 aromatic carbocycles. The van der Waals surface area contributed by atoms with E-state index in [0.717, 1.165) is 5.69 Å². The molecule has 0 spiro atoms. The fraction of sp³-hybridized carbons (Fsp3) is 0.316. The third-order valence-corrected chi connectivity index (χ3v) is 5.79. The van der Waals surface area contributed by atoms with Gasteiger partial charge in [0, 0.05) is 37.6 Å². The molecule has 1 fully saturated rings. The molecule has 2 aromatic rings. The van der Waals surface area contributed by atoms with Crippen LogP contribution in [0.2, 0.25) is 0 Å². The first-order valence-corrected chi connectivity index (χ1v) is 10.5. The number of carbonyl (C=O) groups is 1. The van der Waals surface area contributed by atoms with E-state index >= 15 is 0 Å². The van der Waals surface area contributed by atoms with Gasteiger partial charge in [-0.1, -0.05) is 6.07 Å². The largest absolute Gasteiger partial charge is 0.369 e. The summed E-state index contributed by atoms with van der Waals surface area (Å²) in [5.74, 6) is -0.580. The first-order chi connectivity index (χ1) is 13.2. The monoisotopic (exact) mass is 406 g/mol. The number of anilines is 2. The molecule has 0 radical (unpaired) electrons. The Balaban J connectivity index is 1.56. The average Bonchev–Trinajstić information content (AvgIpc) is 2.67. The summed E-state index contributed by atoms with van der Waals surface area (Å²) in [6.45, 7) is 4.58. The molecule has 7 nitrogen and oxygen atoms in total. The topological polar surface area (TPSA) is 95.7 Å². The summed E-state index contributed by atoms with van der Waals surface area (Å²) < 4.78 is 36.0. The van der Waals surface area contributed by atoms with Crippen LogP contribution in [-0.2, 0) is 14.8 Å². The summed E-state index contributed by atoms with van der Waals surface area (Å²) >= 11 is 0. The van der Waals surface area contributed by atoms with Crippen molar-refractivity contribution in [2.45, 2.75) is 17.9 Å². The quantitative estimate of drug-likeness (QED) is 0.787. The molecule has 1 unspecified atom stereocenters. The third kappa shape index (κ3) is 4.86. The lowest BCUT2D eigenvalue weighted by molar-refractivity contribution is -0.120. The van der Waals surface area contributed by atoms with E-state index in [9.17, 15) is 17.6 Å². The number of nitrogens with two attached hydrogens (primary N) is 1. The Hall–Kier alpha value is -2.49. The van der Waals surface area contributed by atoms with Gasteiger partial charge in [0.05, 0.1) is 10.9 Å². The minimum absolute atomic E-state index is 0.0810. The number of halogens is 1. The molecule has 3 N–H and O–H groups in total. The molecule has 1 amide bonds. The predicted molar refractivity (Wildman–Crippen MR) is 106 cm³/mol. The summed E-state index contributed by atoms with van der Waals surface area (Å²) in [5, 5.41) is 7.86. The van der Waals surface area contributed by atoms with E-state index in [4.69, 9.17) is 5.14 Å². The van der Waals surface area contributed by atoms with Crippen molar-refractivity contribution in [2.75, 3.05) is 36.4 Å². The number of piperazine rings is 1. The second kappa shape index (κ2) is 8.26. The van der Waals surface area contributed by atoms with Crippen molar-refractivity contribution in [3.05, 3.63) is 54.3 Å². The molecule has 28 heavy (non-hydrogen) atoms. The van der Waals surface area contributed by atoms with Crippen molar-refractivity contribution < 1.29 is 17.6 Å². The van der Waals surface area contributed by atoms with E-state index in [-0.39, 0.29) is 16.8 Å². The maximum Gasteiger partial charge on any atom is 0.241 e. The fourth-order valence-corrected chi connectivity index (χ4v) is 3.71. The smallest absolute Gasteiger partial charge is 0.241 e. The minimum atomic E-state index is -3.70. The number of rotatable bonds is 5. The van der Waals surface area contributed by atoms with Gasteiger partial charge in [-0.05, 0) is 49.4 Å². The second-order valence-electron chi connectivity index (χ2n) is 6.74.